The van der Waals surface area contributed by atoms with E-state index < -0.39 is 41.7 Å². The van der Waals surface area contributed by atoms with Crippen LogP contribution in [0, 0.1) is 11.7 Å². The van der Waals surface area contributed by atoms with Gasteiger partial charge in [0.05, 0.1) is 23.0 Å². The van der Waals surface area contributed by atoms with Crippen molar-refractivity contribution in [3.63, 3.8) is 0 Å². The molecule has 1 N–H and O–H groups in total. The number of aromatic carboxylic acids is 1. The maximum Gasteiger partial charge on any atom is 0.335 e. The molecule has 0 aromatic heterocycles. The molecule has 2 aliphatic rings. The van der Waals surface area contributed by atoms with Crippen molar-refractivity contribution >= 4 is 29.2 Å². The fourth-order valence-electron chi connectivity index (χ4n) is 4.25. The molecule has 2 aliphatic heterocycles. The van der Waals surface area contributed by atoms with Gasteiger partial charge in [0.25, 0.3) is 5.91 Å². The van der Waals surface area contributed by atoms with Crippen LogP contribution >= 0.6 is 0 Å². The van der Waals surface area contributed by atoms with E-state index in [9.17, 15) is 18.8 Å². The van der Waals surface area contributed by atoms with E-state index in [1.165, 1.54) is 35.4 Å². The molecule has 0 bridgehead atoms. The second kappa shape index (κ2) is 7.58. The number of fused-ring (bicyclic) bond motifs is 1. The van der Waals surface area contributed by atoms with E-state index in [1.54, 1.807) is 42.5 Å². The lowest BCUT2D eigenvalue weighted by Gasteiger charge is -2.29. The molecule has 0 spiro atoms. The van der Waals surface area contributed by atoms with Gasteiger partial charge in [-0.1, -0.05) is 36.4 Å². The average molecular weight is 432 g/mol. The number of benzene rings is 3. The Bertz CT molecular complexity index is 1210. The van der Waals surface area contributed by atoms with Crippen LogP contribution in [-0.2, 0) is 14.4 Å². The Hall–Kier alpha value is -4.04. The van der Waals surface area contributed by atoms with E-state index in [-0.39, 0.29) is 16.8 Å². The van der Waals surface area contributed by atoms with Crippen LogP contribution in [0.1, 0.15) is 22.0 Å². The first kappa shape index (κ1) is 19.9. The Kier molecular flexibility index (Phi) is 4.71. The highest BCUT2D eigenvalue weighted by molar-refractivity contribution is 6.24. The first-order valence-electron chi connectivity index (χ1n) is 9.94. The first-order valence-corrected chi connectivity index (χ1v) is 9.94. The molecule has 0 saturated carbocycles. The van der Waals surface area contributed by atoms with Crippen LogP contribution < -0.4 is 9.96 Å². The van der Waals surface area contributed by atoms with Gasteiger partial charge in [-0.25, -0.2) is 19.1 Å². The molecule has 0 aliphatic carbocycles. The fourth-order valence-corrected chi connectivity index (χ4v) is 4.25. The van der Waals surface area contributed by atoms with E-state index >= 15 is 0 Å². The van der Waals surface area contributed by atoms with Gasteiger partial charge in [0.2, 0.25) is 5.91 Å². The van der Waals surface area contributed by atoms with Gasteiger partial charge in [-0.15, -0.1) is 0 Å². The van der Waals surface area contributed by atoms with Crippen molar-refractivity contribution in [3.8, 4) is 0 Å². The Morgan fingerprint density at radius 1 is 0.844 bits per heavy atom. The third-order valence-corrected chi connectivity index (χ3v) is 5.72. The summed E-state index contributed by atoms with van der Waals surface area (Å²) >= 11 is 0. The van der Waals surface area contributed by atoms with Crippen LogP contribution in [0.5, 0.6) is 0 Å². The van der Waals surface area contributed by atoms with Crippen LogP contribution in [0.3, 0.4) is 0 Å². The Labute approximate surface area is 182 Å². The summed E-state index contributed by atoms with van der Waals surface area (Å²) in [6.07, 6.45) is -1.13. The lowest BCUT2D eigenvalue weighted by atomic mass is 9.90. The molecule has 3 aromatic carbocycles. The number of hydrogen-bond acceptors (Lipinski definition) is 5. The number of halogens is 1. The van der Waals surface area contributed by atoms with Crippen LogP contribution in [-0.4, -0.2) is 29.0 Å². The summed E-state index contributed by atoms with van der Waals surface area (Å²) in [7, 11) is 0. The molecule has 3 aromatic rings. The first-order chi connectivity index (χ1) is 15.5. The van der Waals surface area contributed by atoms with E-state index in [2.05, 4.69) is 0 Å². The zero-order valence-electron chi connectivity index (χ0n) is 16.6. The number of nitrogens with zero attached hydrogens (tertiary/aromatic N) is 2. The monoisotopic (exact) mass is 432 g/mol. The minimum absolute atomic E-state index is 0.0313. The molecule has 5 rings (SSSR count). The van der Waals surface area contributed by atoms with Gasteiger partial charge in [0.1, 0.15) is 11.7 Å². The van der Waals surface area contributed by atoms with Gasteiger partial charge >= 0.3 is 5.97 Å². The minimum atomic E-state index is -1.13. The lowest BCUT2D eigenvalue weighted by molar-refractivity contribution is -0.126. The van der Waals surface area contributed by atoms with Crippen molar-refractivity contribution < 1.29 is 28.7 Å². The molecule has 2 amide bonds. The van der Waals surface area contributed by atoms with Crippen molar-refractivity contribution in [1.82, 2.24) is 0 Å². The third kappa shape index (κ3) is 3.04. The molecule has 2 fully saturated rings. The van der Waals surface area contributed by atoms with Gasteiger partial charge in [0.15, 0.2) is 6.10 Å². The number of anilines is 2. The van der Waals surface area contributed by atoms with E-state index in [0.717, 1.165) is 4.90 Å². The summed E-state index contributed by atoms with van der Waals surface area (Å²) < 4.78 is 14.8. The van der Waals surface area contributed by atoms with Gasteiger partial charge < -0.3 is 5.11 Å². The largest absolute Gasteiger partial charge is 0.478 e. The number of carbonyl (C=O) groups is 3. The molecule has 7 nitrogen and oxygen atoms in total. The highest BCUT2D eigenvalue weighted by Crippen LogP contribution is 2.48. The van der Waals surface area contributed by atoms with E-state index in [4.69, 9.17) is 9.94 Å². The zero-order chi connectivity index (χ0) is 22.4. The minimum Gasteiger partial charge on any atom is -0.478 e. The summed E-state index contributed by atoms with van der Waals surface area (Å²) in [5.74, 6) is -3.71. The molecule has 2 heterocycles. The molecule has 160 valence electrons. The Morgan fingerprint density at radius 2 is 1.50 bits per heavy atom. The number of carbonyl (C=O) groups excluding carboxylic acids is 2. The predicted octanol–water partition coefficient (Wildman–Crippen LogP) is 3.58. The van der Waals surface area contributed by atoms with Gasteiger partial charge in [-0.3, -0.25) is 14.4 Å². The number of imide groups is 1. The van der Waals surface area contributed by atoms with Crippen molar-refractivity contribution in [1.29, 1.82) is 0 Å². The smallest absolute Gasteiger partial charge is 0.335 e. The molecule has 3 atom stereocenters. The summed E-state index contributed by atoms with van der Waals surface area (Å²) in [5.41, 5.74) is 1.10. The maximum atomic E-state index is 14.8. The van der Waals surface area contributed by atoms with Crippen molar-refractivity contribution in [3.05, 3.63) is 95.8 Å². The summed E-state index contributed by atoms with van der Waals surface area (Å²) in [6.45, 7) is 0. The van der Waals surface area contributed by atoms with Crippen molar-refractivity contribution in [2.45, 2.75) is 12.1 Å². The zero-order valence-corrected chi connectivity index (χ0v) is 16.6. The third-order valence-electron chi connectivity index (χ3n) is 5.72. The number of carboxylic acids is 1. The fraction of sp³-hybridized carbons (Fsp3) is 0.125. The number of hydrogen-bond donors (Lipinski definition) is 1. The molecule has 32 heavy (non-hydrogen) atoms. The quantitative estimate of drug-likeness (QED) is 0.635. The molecule has 0 unspecified atom stereocenters. The van der Waals surface area contributed by atoms with Gasteiger partial charge in [0, 0.05) is 5.56 Å². The highest BCUT2D eigenvalue weighted by atomic mass is 19.1. The topological polar surface area (TPSA) is 87.2 Å². The van der Waals surface area contributed by atoms with Gasteiger partial charge in [-0.2, -0.15) is 0 Å². The van der Waals surface area contributed by atoms with Crippen LogP contribution in [0.4, 0.5) is 15.8 Å². The summed E-state index contributed by atoms with van der Waals surface area (Å²) in [6, 6.07) is 19.6. The number of carboxylic acid groups (broad SMARTS) is 1. The number of hydroxylamine groups is 1. The van der Waals surface area contributed by atoms with Crippen LogP contribution in [0.25, 0.3) is 0 Å². The Morgan fingerprint density at radius 3 is 2.16 bits per heavy atom. The van der Waals surface area contributed by atoms with E-state index in [1.807, 2.05) is 6.07 Å². The number of amides is 2. The second-order valence-electron chi connectivity index (χ2n) is 7.54. The predicted molar refractivity (Wildman–Crippen MR) is 112 cm³/mol. The van der Waals surface area contributed by atoms with Crippen LogP contribution in [0.15, 0.2) is 78.9 Å². The summed E-state index contributed by atoms with van der Waals surface area (Å²) in [4.78, 5) is 44.7. The van der Waals surface area contributed by atoms with E-state index in [0.29, 0.717) is 5.69 Å². The maximum absolute atomic E-state index is 14.8. The van der Waals surface area contributed by atoms with Crippen molar-refractivity contribution in [2.75, 3.05) is 9.96 Å². The normalized spacial score (nSPS) is 22.3. The standard InChI is InChI=1S/C24H17FN2O5/c25-18-9-5-4-8-17(18)20-19-21(32-27(20)16-6-2-1-3-7-16)23(29)26(22(19)28)15-12-10-14(11-13-15)24(30)31/h1-13,19-21H,(H,30,31)/t19-,20+,21-/m1/s1. The molecule has 2 saturated heterocycles. The molecule has 0 radical (unpaired) electrons. The second-order valence-corrected chi connectivity index (χ2v) is 7.54. The Balaban J connectivity index is 1.57. The molecule has 8 heteroatoms. The van der Waals surface area contributed by atoms with Gasteiger partial charge in [-0.05, 0) is 42.5 Å². The molecular weight excluding hydrogens is 415 g/mol. The van der Waals surface area contributed by atoms with Crippen molar-refractivity contribution in [2.24, 2.45) is 5.92 Å². The lowest BCUT2D eigenvalue weighted by Crippen LogP contribution is -2.37. The molecular formula is C24H17FN2O5. The average Bonchev–Trinajstić information content (AvgIpc) is 3.31. The van der Waals surface area contributed by atoms with Crippen LogP contribution in [0.2, 0.25) is 0 Å². The SMILES string of the molecule is O=C(O)c1ccc(N2C(=O)[C@H]3[C@@H](ON(c4ccccc4)[C@H]3c3ccccc3F)C2=O)cc1. The number of para-hydroxylation sites is 1. The summed E-state index contributed by atoms with van der Waals surface area (Å²) in [5, 5.41) is 10.5. The number of rotatable bonds is 4. The highest BCUT2D eigenvalue weighted by Gasteiger charge is 2.60.